The fourth-order valence-electron chi connectivity index (χ4n) is 9.55. The van der Waals surface area contributed by atoms with E-state index in [1.807, 2.05) is 0 Å². The predicted octanol–water partition coefficient (Wildman–Crippen LogP) is 17.7. The number of anilines is 3. The number of hydrogen-bond acceptors (Lipinski definition) is 2. The first-order valence-corrected chi connectivity index (χ1v) is 21.9. The van der Waals surface area contributed by atoms with E-state index in [0.29, 0.717) is 0 Å². The van der Waals surface area contributed by atoms with Gasteiger partial charge in [-0.2, -0.15) is 0 Å². The summed E-state index contributed by atoms with van der Waals surface area (Å²) in [5.74, 6) is 0. The summed E-state index contributed by atoms with van der Waals surface area (Å²) in [6.45, 7) is 0. The van der Waals surface area contributed by atoms with Crippen LogP contribution < -0.4 is 4.90 Å². The van der Waals surface area contributed by atoms with Crippen LogP contribution in [0.4, 0.5) is 17.1 Å². The zero-order valence-corrected chi connectivity index (χ0v) is 35.0. The van der Waals surface area contributed by atoms with E-state index >= 15 is 0 Å². The van der Waals surface area contributed by atoms with Crippen LogP contribution in [0.2, 0.25) is 0 Å². The highest BCUT2D eigenvalue weighted by molar-refractivity contribution is 6.33. The van der Waals surface area contributed by atoms with Crippen molar-refractivity contribution >= 4 is 60.5 Å². The number of hydrogen-bond donors (Lipinski definition) is 0. The highest BCUT2D eigenvalue weighted by Crippen LogP contribution is 2.48. The quantitative estimate of drug-likeness (QED) is 0.142. The molecule has 300 valence electrons. The van der Waals surface area contributed by atoms with Gasteiger partial charge in [0.15, 0.2) is 0 Å². The minimum Gasteiger partial charge on any atom is -0.455 e. The van der Waals surface area contributed by atoms with E-state index in [4.69, 9.17) is 4.42 Å². The minimum absolute atomic E-state index is 0.893. The maximum absolute atomic E-state index is 7.19. The van der Waals surface area contributed by atoms with Crippen LogP contribution in [0.3, 0.4) is 0 Å². The molecule has 0 spiro atoms. The highest BCUT2D eigenvalue weighted by Gasteiger charge is 2.22. The molecule has 11 aromatic carbocycles. The molecule has 0 unspecified atom stereocenters. The summed E-state index contributed by atoms with van der Waals surface area (Å²) in [5, 5.41) is 6.99. The zero-order chi connectivity index (χ0) is 42.4. The second-order valence-corrected chi connectivity index (χ2v) is 16.4. The van der Waals surface area contributed by atoms with Gasteiger partial charge in [-0.1, -0.05) is 206 Å². The predicted molar refractivity (Wildman–Crippen MR) is 271 cm³/mol. The van der Waals surface area contributed by atoms with Crippen LogP contribution in [0.15, 0.2) is 253 Å². The smallest absolute Gasteiger partial charge is 0.143 e. The number of fused-ring (bicyclic) bond motifs is 8. The van der Waals surface area contributed by atoms with Gasteiger partial charge in [-0.05, 0) is 109 Å². The third-order valence-corrected chi connectivity index (χ3v) is 12.7. The summed E-state index contributed by atoms with van der Waals surface area (Å²) in [5.41, 5.74) is 16.7. The average Bonchev–Trinajstić information content (AvgIpc) is 3.79. The summed E-state index contributed by atoms with van der Waals surface area (Å²) in [6, 6.07) is 89.3. The molecule has 0 radical (unpaired) electrons. The van der Waals surface area contributed by atoms with Crippen LogP contribution in [-0.4, -0.2) is 0 Å². The van der Waals surface area contributed by atoms with Crippen LogP contribution in [-0.2, 0) is 0 Å². The van der Waals surface area contributed by atoms with Crippen molar-refractivity contribution in [3.63, 3.8) is 0 Å². The molecule has 12 aromatic rings. The molecule has 0 saturated carbocycles. The highest BCUT2D eigenvalue weighted by atomic mass is 16.3. The van der Waals surface area contributed by atoms with Gasteiger partial charge in [-0.25, -0.2) is 0 Å². The molecule has 0 bridgehead atoms. The molecule has 1 aromatic heterocycles. The van der Waals surface area contributed by atoms with Gasteiger partial charge in [-0.15, -0.1) is 0 Å². The maximum Gasteiger partial charge on any atom is 0.143 e. The molecule has 12 rings (SSSR count). The van der Waals surface area contributed by atoms with Crippen molar-refractivity contribution in [3.8, 4) is 55.6 Å². The topological polar surface area (TPSA) is 16.4 Å². The summed E-state index contributed by atoms with van der Waals surface area (Å²) >= 11 is 0. The Bertz CT molecular complexity index is 3510. The summed E-state index contributed by atoms with van der Waals surface area (Å²) in [7, 11) is 0. The molecular formula is C62H41NO. The van der Waals surface area contributed by atoms with Gasteiger partial charge in [0.1, 0.15) is 11.2 Å². The van der Waals surface area contributed by atoms with Gasteiger partial charge < -0.3 is 9.32 Å². The monoisotopic (exact) mass is 815 g/mol. The molecule has 0 atom stereocenters. The molecule has 0 N–H and O–H groups in total. The molecule has 64 heavy (non-hydrogen) atoms. The van der Waals surface area contributed by atoms with E-state index in [1.165, 1.54) is 49.5 Å². The van der Waals surface area contributed by atoms with E-state index < -0.39 is 0 Å². The Kier molecular flexibility index (Phi) is 9.20. The number of furan rings is 1. The lowest BCUT2D eigenvalue weighted by Crippen LogP contribution is -2.09. The Hall–Kier alpha value is -8.46. The molecule has 0 aliphatic carbocycles. The molecule has 0 fully saturated rings. The Balaban J connectivity index is 1.02. The maximum atomic E-state index is 7.19. The lowest BCUT2D eigenvalue weighted by Gasteiger charge is -2.26. The standard InChI is InChI=1S/C62H41NO/c1-4-14-42(15-5-1)45-24-26-49(27-25-45)54-41-40-53(59-60-57-22-12-10-20-55(57)56-21-11-13-23-58(56)62(60)64-61(54)59)48-32-38-52(39-33-48)63(50-34-28-46(29-35-50)43-16-6-2-7-17-43)51-36-30-47(31-37-51)44-18-8-3-9-19-44/h1-41H. The lowest BCUT2D eigenvalue weighted by molar-refractivity contribution is 0.674. The van der Waals surface area contributed by atoms with Crippen molar-refractivity contribution < 1.29 is 4.42 Å². The molecule has 0 amide bonds. The van der Waals surface area contributed by atoms with Crippen molar-refractivity contribution in [2.24, 2.45) is 0 Å². The molecule has 1 heterocycles. The molecule has 2 nitrogen and oxygen atoms in total. The van der Waals surface area contributed by atoms with E-state index in [2.05, 4.69) is 254 Å². The Morgan fingerprint density at radius 2 is 0.547 bits per heavy atom. The fraction of sp³-hybridized carbons (Fsp3) is 0. The zero-order valence-electron chi connectivity index (χ0n) is 35.0. The normalized spacial score (nSPS) is 11.4. The van der Waals surface area contributed by atoms with Gasteiger partial charge in [0.2, 0.25) is 0 Å². The first kappa shape index (κ1) is 37.3. The first-order valence-electron chi connectivity index (χ1n) is 21.9. The summed E-state index contributed by atoms with van der Waals surface area (Å²) in [6.07, 6.45) is 0. The van der Waals surface area contributed by atoms with Gasteiger partial charge in [0, 0.05) is 38.8 Å². The van der Waals surface area contributed by atoms with Crippen molar-refractivity contribution in [2.45, 2.75) is 0 Å². The lowest BCUT2D eigenvalue weighted by atomic mass is 9.91. The van der Waals surface area contributed by atoms with Crippen molar-refractivity contribution in [2.75, 3.05) is 4.90 Å². The Morgan fingerprint density at radius 1 is 0.219 bits per heavy atom. The van der Waals surface area contributed by atoms with Crippen LogP contribution >= 0.6 is 0 Å². The van der Waals surface area contributed by atoms with Gasteiger partial charge in [0.25, 0.3) is 0 Å². The Labute approximate surface area is 372 Å². The molecule has 0 saturated heterocycles. The average molecular weight is 816 g/mol. The number of nitrogens with zero attached hydrogens (tertiary/aromatic N) is 1. The van der Waals surface area contributed by atoms with Gasteiger partial charge in [-0.3, -0.25) is 0 Å². The number of benzene rings is 11. The molecule has 0 aliphatic heterocycles. The van der Waals surface area contributed by atoms with E-state index in [9.17, 15) is 0 Å². The van der Waals surface area contributed by atoms with Gasteiger partial charge >= 0.3 is 0 Å². The first-order chi connectivity index (χ1) is 31.7. The van der Waals surface area contributed by atoms with E-state index in [1.54, 1.807) is 0 Å². The van der Waals surface area contributed by atoms with Gasteiger partial charge in [0.05, 0.1) is 0 Å². The van der Waals surface area contributed by atoms with Crippen LogP contribution in [0.5, 0.6) is 0 Å². The second-order valence-electron chi connectivity index (χ2n) is 16.4. The molecule has 0 aliphatic rings. The van der Waals surface area contributed by atoms with Crippen molar-refractivity contribution in [1.82, 2.24) is 0 Å². The van der Waals surface area contributed by atoms with Crippen molar-refractivity contribution in [3.05, 3.63) is 249 Å². The number of rotatable bonds is 8. The SMILES string of the molecule is c1ccc(-c2ccc(-c3ccc(-c4ccc(N(c5ccc(-c6ccccc6)cc5)c5ccc(-c6ccccc6)cc5)cc4)c4c3oc3c5ccccc5c5ccccc5c34)cc2)cc1. The second kappa shape index (κ2) is 15.8. The Morgan fingerprint density at radius 3 is 1.03 bits per heavy atom. The van der Waals surface area contributed by atoms with E-state index in [-0.39, 0.29) is 0 Å². The third-order valence-electron chi connectivity index (χ3n) is 12.7. The third kappa shape index (κ3) is 6.52. The van der Waals surface area contributed by atoms with Crippen LogP contribution in [0, 0.1) is 0 Å². The summed E-state index contributed by atoms with van der Waals surface area (Å²) in [4.78, 5) is 2.35. The minimum atomic E-state index is 0.893. The fourth-order valence-corrected chi connectivity index (χ4v) is 9.55. The van der Waals surface area contributed by atoms with Crippen LogP contribution in [0.25, 0.3) is 99.1 Å². The molecular weight excluding hydrogens is 775 g/mol. The van der Waals surface area contributed by atoms with Crippen LogP contribution in [0.1, 0.15) is 0 Å². The van der Waals surface area contributed by atoms with E-state index in [0.717, 1.165) is 66.6 Å². The summed E-state index contributed by atoms with van der Waals surface area (Å²) < 4.78 is 7.19. The largest absolute Gasteiger partial charge is 0.455 e. The van der Waals surface area contributed by atoms with Crippen molar-refractivity contribution in [1.29, 1.82) is 0 Å². The molecule has 2 heteroatoms.